The minimum atomic E-state index is -0.913. The fourth-order valence-corrected chi connectivity index (χ4v) is 12.3. The Kier molecular flexibility index (Phi) is 25.4. The van der Waals surface area contributed by atoms with Crippen LogP contribution in [-0.4, -0.2) is 34.9 Å². The minimum absolute atomic E-state index is 0. The zero-order valence-corrected chi connectivity index (χ0v) is 38.2. The van der Waals surface area contributed by atoms with E-state index < -0.39 is 15.8 Å². The van der Waals surface area contributed by atoms with Crippen molar-refractivity contribution in [2.45, 2.75) is 37.8 Å². The summed E-state index contributed by atoms with van der Waals surface area (Å²) in [7, 11) is -1.83. The molecule has 9 rings (SSSR count). The number of benzene rings is 4. The average Bonchev–Trinajstić information content (AvgIpc) is 4.14. The fourth-order valence-electron chi connectivity index (χ4n) is 7.37. The first-order valence-electron chi connectivity index (χ1n) is 19.9. The standard InChI is InChI=1S/C42H38N2O2P2.2C5H5.2Fe.2H2O/c45-41(35-25-15-29-39(35)47(31-17-5-1-6-18-31)32-19-7-2-8-20-32)43-37-27-13-14-28-38(37)44-42(46)36-26-16-30-40(36)48(33-21-9-3-10-22-33)34-23-11-4-12-24-34;2*1-2-4-5-3-1;;;;/h1-12,15-26,29-30,37-38H,13-14,27-28H2,(H,43,45)(H,44,46);2*1-5H;;;2*1H2/q;;;2*+2;;/t37-,38-;;;;;;/m1....../s1. The smallest absolute Gasteiger partial charge is 0.412 e. The van der Waals surface area contributed by atoms with Crippen LogP contribution >= 0.6 is 15.8 Å². The summed E-state index contributed by atoms with van der Waals surface area (Å²) in [6.07, 6.45) is 35.7. The van der Waals surface area contributed by atoms with E-state index in [1.165, 1.54) is 21.2 Å². The molecular formula is C52H52Fe2N2O4P2+4. The molecular weight excluding hydrogens is 890 g/mol. The molecule has 4 aromatic rings. The van der Waals surface area contributed by atoms with E-state index in [1.807, 2.05) is 114 Å². The molecule has 10 heteroatoms. The Balaban J connectivity index is 0.000000645. The van der Waals surface area contributed by atoms with E-state index >= 15 is 0 Å². The monoisotopic (exact) mass is 942 g/mol. The van der Waals surface area contributed by atoms with Crippen molar-refractivity contribution < 1.29 is 54.7 Å². The average molecular weight is 943 g/mol. The van der Waals surface area contributed by atoms with Crippen LogP contribution in [0.4, 0.5) is 0 Å². The molecule has 0 aromatic heterocycles. The van der Waals surface area contributed by atoms with Crippen molar-refractivity contribution in [3.05, 3.63) is 247 Å². The molecule has 0 heterocycles. The number of nitrogens with one attached hydrogen (secondary N) is 2. The first-order chi connectivity index (χ1) is 28.7. The van der Waals surface area contributed by atoms with E-state index in [0.29, 0.717) is 11.8 Å². The number of amides is 2. The molecule has 6 nitrogen and oxygen atoms in total. The topological polar surface area (TPSA) is 121 Å². The Morgan fingerprint density at radius 2 is 0.645 bits per heavy atom. The maximum atomic E-state index is 14.1. The number of hydrogen-bond donors (Lipinski definition) is 2. The van der Waals surface area contributed by atoms with Gasteiger partial charge in [0.15, 0.2) is 0 Å². The van der Waals surface area contributed by atoms with E-state index in [0.717, 1.165) is 37.0 Å². The molecule has 0 spiro atoms. The molecule has 0 unspecified atom stereocenters. The van der Waals surface area contributed by atoms with Crippen LogP contribution in [0.2, 0.25) is 0 Å². The fraction of sp³-hybridized carbons (Fsp3) is 0.115. The zero-order chi connectivity index (χ0) is 39.8. The molecule has 5 aliphatic carbocycles. The predicted molar refractivity (Wildman–Crippen MR) is 249 cm³/mol. The predicted octanol–water partition coefficient (Wildman–Crippen LogP) is 6.65. The van der Waals surface area contributed by atoms with Gasteiger partial charge in [-0.1, -0.05) is 134 Å². The zero-order valence-electron chi connectivity index (χ0n) is 34.2. The second-order valence-corrected chi connectivity index (χ2v) is 18.4. The van der Waals surface area contributed by atoms with Gasteiger partial charge in [0.1, 0.15) is 0 Å². The molecule has 316 valence electrons. The third kappa shape index (κ3) is 15.1. The van der Waals surface area contributed by atoms with Crippen LogP contribution in [0.3, 0.4) is 0 Å². The van der Waals surface area contributed by atoms with E-state index in [4.69, 9.17) is 0 Å². The van der Waals surface area contributed by atoms with Crippen molar-refractivity contribution in [1.82, 2.24) is 10.6 Å². The van der Waals surface area contributed by atoms with Gasteiger partial charge in [0.2, 0.25) is 11.8 Å². The van der Waals surface area contributed by atoms with Gasteiger partial charge in [0.05, 0.1) is 11.8 Å². The normalized spacial score (nSPS) is 20.2. The molecule has 0 bridgehead atoms. The summed E-state index contributed by atoms with van der Waals surface area (Å²) in [5.41, 5.74) is 2.10. The van der Waals surface area contributed by atoms with Gasteiger partial charge in [-0.3, -0.25) is 9.59 Å². The van der Waals surface area contributed by atoms with E-state index in [2.05, 4.69) is 121 Å². The van der Waals surface area contributed by atoms with Crippen molar-refractivity contribution in [2.75, 3.05) is 0 Å². The maximum absolute atomic E-state index is 14.1. The Morgan fingerprint density at radius 1 is 0.387 bits per heavy atom. The summed E-state index contributed by atoms with van der Waals surface area (Å²) in [5.74, 6) is 1.26. The van der Waals surface area contributed by atoms with E-state index in [-0.39, 0.29) is 69.0 Å². The first-order valence-corrected chi connectivity index (χ1v) is 22.6. The molecule has 5 aliphatic rings. The molecule has 62 heavy (non-hydrogen) atoms. The van der Waals surface area contributed by atoms with Crippen molar-refractivity contribution in [1.29, 1.82) is 0 Å². The van der Waals surface area contributed by atoms with E-state index in [9.17, 15) is 9.59 Å². The second-order valence-electron chi connectivity index (χ2n) is 14.0. The Bertz CT molecular complexity index is 1580. The summed E-state index contributed by atoms with van der Waals surface area (Å²) in [5, 5.41) is 11.6. The maximum Gasteiger partial charge on any atom is 2.00 e. The summed E-state index contributed by atoms with van der Waals surface area (Å²) in [4.78, 5) is 28.1. The summed E-state index contributed by atoms with van der Waals surface area (Å²) >= 11 is 0. The van der Waals surface area contributed by atoms with Gasteiger partial charge in [-0.2, -0.15) is 0 Å². The molecule has 0 saturated heterocycles. The van der Waals surface area contributed by atoms with Crippen LogP contribution in [0, 0.1) is 126 Å². The molecule has 0 aliphatic heterocycles. The van der Waals surface area contributed by atoms with Crippen LogP contribution in [0.15, 0.2) is 121 Å². The Morgan fingerprint density at radius 3 is 0.903 bits per heavy atom. The summed E-state index contributed by atoms with van der Waals surface area (Å²) in [6.45, 7) is 0. The van der Waals surface area contributed by atoms with Crippen molar-refractivity contribution in [2.24, 2.45) is 0 Å². The third-order valence-corrected chi connectivity index (χ3v) is 15.1. The van der Waals surface area contributed by atoms with Crippen molar-refractivity contribution in [3.8, 4) is 0 Å². The molecule has 5 fully saturated rings. The number of rotatable bonds is 10. The number of carbonyl (C=O) groups is 2. The quantitative estimate of drug-likeness (QED) is 0.137. The van der Waals surface area contributed by atoms with Gasteiger partial charge < -0.3 is 21.6 Å². The number of carbonyl (C=O) groups excluding carboxylic acids is 2. The van der Waals surface area contributed by atoms with Crippen LogP contribution in [0.25, 0.3) is 0 Å². The third-order valence-electron chi connectivity index (χ3n) is 10.1. The van der Waals surface area contributed by atoms with Crippen LogP contribution in [0.1, 0.15) is 25.7 Å². The number of hydrogen-bond acceptors (Lipinski definition) is 2. The first kappa shape index (κ1) is 54.0. The van der Waals surface area contributed by atoms with Crippen molar-refractivity contribution >= 4 is 48.9 Å². The van der Waals surface area contributed by atoms with Gasteiger partial charge >= 0.3 is 34.1 Å². The van der Waals surface area contributed by atoms with Gasteiger partial charge in [0, 0.05) is 23.4 Å². The van der Waals surface area contributed by atoms with Gasteiger partial charge in [-0.15, -0.1) is 0 Å². The molecule has 2 amide bonds. The van der Waals surface area contributed by atoms with Gasteiger partial charge in [-0.25, -0.2) is 0 Å². The van der Waals surface area contributed by atoms with Crippen LogP contribution in [0.5, 0.6) is 0 Å². The second kappa shape index (κ2) is 29.2. The largest absolute Gasteiger partial charge is 2.00 e. The Hall–Kier alpha value is -2.36. The van der Waals surface area contributed by atoms with Crippen molar-refractivity contribution in [3.63, 3.8) is 0 Å². The molecule has 2 atom stereocenters. The molecule has 4 aromatic carbocycles. The van der Waals surface area contributed by atoms with Gasteiger partial charge in [0.25, 0.3) is 0 Å². The van der Waals surface area contributed by atoms with Crippen LogP contribution in [-0.2, 0) is 43.7 Å². The van der Waals surface area contributed by atoms with Gasteiger partial charge in [-0.05, 0) is 153 Å². The van der Waals surface area contributed by atoms with E-state index in [1.54, 1.807) is 0 Å². The SMILES string of the molecule is O.O.O=C(N[C@@H]1CCCC[C@H]1NC(=O)[C]1[CH][CH][CH][C]1P(c1ccccc1)c1ccccc1)[C]1[CH][CH][CH][C]1P(c1ccccc1)c1ccccc1.[CH]1[CH][CH][CH][CH]1.[CH]1[CH][CH][CH][CH]1.[Fe+2].[Fe+2]. The van der Waals surface area contributed by atoms with Crippen LogP contribution < -0.4 is 31.9 Å². The molecule has 5 saturated carbocycles. The summed E-state index contributed by atoms with van der Waals surface area (Å²) in [6, 6.07) is 41.5. The molecule has 6 N–H and O–H groups in total. The molecule has 20 radical (unpaired) electrons. The Labute approximate surface area is 396 Å². The minimum Gasteiger partial charge on any atom is -0.412 e. The summed E-state index contributed by atoms with van der Waals surface area (Å²) < 4.78 is 0.